The third-order valence-electron chi connectivity index (χ3n) is 3.20. The fourth-order valence-electron chi connectivity index (χ4n) is 2.25. The SMILES string of the molecule is CCCc1cc2nc(-c3ccc(C)o3)cc(C(=O)O)n2n1. The van der Waals surface area contributed by atoms with Crippen molar-refractivity contribution in [1.82, 2.24) is 14.6 Å². The first kappa shape index (κ1) is 13.4. The molecule has 0 spiro atoms. The van der Waals surface area contributed by atoms with Crippen molar-refractivity contribution in [2.24, 2.45) is 0 Å². The largest absolute Gasteiger partial charge is 0.477 e. The second kappa shape index (κ2) is 5.05. The Morgan fingerprint density at radius 3 is 2.81 bits per heavy atom. The highest BCUT2D eigenvalue weighted by molar-refractivity contribution is 5.87. The number of nitrogens with zero attached hydrogens (tertiary/aromatic N) is 3. The Labute approximate surface area is 121 Å². The topological polar surface area (TPSA) is 80.6 Å². The summed E-state index contributed by atoms with van der Waals surface area (Å²) in [6.07, 6.45) is 1.73. The average Bonchev–Trinajstić information content (AvgIpc) is 3.03. The molecule has 0 bridgehead atoms. The lowest BCUT2D eigenvalue weighted by atomic mass is 10.2. The van der Waals surface area contributed by atoms with Crippen molar-refractivity contribution in [3.8, 4) is 11.5 Å². The molecule has 6 nitrogen and oxygen atoms in total. The lowest BCUT2D eigenvalue weighted by Gasteiger charge is -2.02. The van der Waals surface area contributed by atoms with E-state index in [4.69, 9.17) is 4.42 Å². The Hall–Kier alpha value is -2.63. The van der Waals surface area contributed by atoms with E-state index in [1.54, 1.807) is 6.07 Å². The van der Waals surface area contributed by atoms with Crippen LogP contribution >= 0.6 is 0 Å². The molecule has 0 fully saturated rings. The molecule has 0 atom stereocenters. The number of rotatable bonds is 4. The summed E-state index contributed by atoms with van der Waals surface area (Å²) >= 11 is 0. The molecule has 3 rings (SSSR count). The van der Waals surface area contributed by atoms with E-state index < -0.39 is 5.97 Å². The van der Waals surface area contributed by atoms with Gasteiger partial charge in [0.2, 0.25) is 0 Å². The molecule has 1 N–H and O–H groups in total. The monoisotopic (exact) mass is 285 g/mol. The smallest absolute Gasteiger partial charge is 0.354 e. The van der Waals surface area contributed by atoms with Crippen LogP contribution in [0.4, 0.5) is 0 Å². The number of carboxylic acid groups (broad SMARTS) is 1. The minimum absolute atomic E-state index is 0.0754. The van der Waals surface area contributed by atoms with Crippen molar-refractivity contribution in [1.29, 1.82) is 0 Å². The van der Waals surface area contributed by atoms with Crippen molar-refractivity contribution >= 4 is 11.6 Å². The molecule has 108 valence electrons. The Morgan fingerprint density at radius 2 is 2.19 bits per heavy atom. The zero-order valence-corrected chi connectivity index (χ0v) is 11.8. The summed E-state index contributed by atoms with van der Waals surface area (Å²) in [5.41, 5.74) is 1.92. The number of carbonyl (C=O) groups is 1. The van der Waals surface area contributed by atoms with Crippen LogP contribution in [0.2, 0.25) is 0 Å². The van der Waals surface area contributed by atoms with E-state index in [0.29, 0.717) is 17.1 Å². The molecule has 0 amide bonds. The van der Waals surface area contributed by atoms with E-state index in [9.17, 15) is 9.90 Å². The van der Waals surface area contributed by atoms with Gasteiger partial charge in [0.25, 0.3) is 0 Å². The Bertz CT molecular complexity index is 817. The van der Waals surface area contributed by atoms with Gasteiger partial charge in [-0.15, -0.1) is 0 Å². The molecule has 0 aliphatic carbocycles. The van der Waals surface area contributed by atoms with Crippen LogP contribution in [0, 0.1) is 6.92 Å². The molecule has 21 heavy (non-hydrogen) atoms. The number of aromatic nitrogens is 3. The normalized spacial score (nSPS) is 11.1. The first-order chi connectivity index (χ1) is 10.1. The van der Waals surface area contributed by atoms with E-state index in [0.717, 1.165) is 24.3 Å². The van der Waals surface area contributed by atoms with Crippen molar-refractivity contribution in [3.63, 3.8) is 0 Å². The molecule has 0 aliphatic rings. The molecule has 3 heterocycles. The van der Waals surface area contributed by atoms with Gasteiger partial charge in [-0.1, -0.05) is 13.3 Å². The van der Waals surface area contributed by atoms with E-state index in [1.165, 1.54) is 10.6 Å². The number of furan rings is 1. The van der Waals surface area contributed by atoms with Crippen LogP contribution in [-0.4, -0.2) is 25.7 Å². The molecule has 0 radical (unpaired) electrons. The summed E-state index contributed by atoms with van der Waals surface area (Å²) in [6.45, 7) is 3.88. The van der Waals surface area contributed by atoms with Gasteiger partial charge in [-0.3, -0.25) is 0 Å². The Kier molecular flexibility index (Phi) is 3.21. The zero-order chi connectivity index (χ0) is 15.0. The van der Waals surface area contributed by atoms with Crippen LogP contribution in [0.3, 0.4) is 0 Å². The summed E-state index contributed by atoms with van der Waals surface area (Å²) in [7, 11) is 0. The van der Waals surface area contributed by atoms with Gasteiger partial charge in [-0.25, -0.2) is 14.3 Å². The van der Waals surface area contributed by atoms with Crippen LogP contribution in [0.15, 0.2) is 28.7 Å². The zero-order valence-electron chi connectivity index (χ0n) is 11.8. The van der Waals surface area contributed by atoms with E-state index in [1.807, 2.05) is 26.0 Å². The molecule has 3 aromatic heterocycles. The number of aromatic carboxylic acids is 1. The maximum Gasteiger partial charge on any atom is 0.354 e. The molecule has 0 aliphatic heterocycles. The van der Waals surface area contributed by atoms with Crippen molar-refractivity contribution in [2.75, 3.05) is 0 Å². The predicted octanol–water partition coefficient (Wildman–Crippen LogP) is 2.95. The minimum Gasteiger partial charge on any atom is -0.477 e. The van der Waals surface area contributed by atoms with Gasteiger partial charge in [-0.05, 0) is 25.5 Å². The first-order valence-electron chi connectivity index (χ1n) is 6.78. The van der Waals surface area contributed by atoms with E-state index in [-0.39, 0.29) is 5.69 Å². The first-order valence-corrected chi connectivity index (χ1v) is 6.78. The van der Waals surface area contributed by atoms with Gasteiger partial charge in [0, 0.05) is 12.1 Å². The molecule has 0 aromatic carbocycles. The molecule has 3 aromatic rings. The second-order valence-corrected chi connectivity index (χ2v) is 4.90. The maximum atomic E-state index is 11.5. The van der Waals surface area contributed by atoms with Crippen LogP contribution in [0.25, 0.3) is 17.1 Å². The standard InChI is InChI=1S/C15H15N3O3/c1-3-4-10-7-14-16-11(13-6-5-9(2)21-13)8-12(15(19)20)18(14)17-10/h5-8H,3-4H2,1-2H3,(H,19,20). The molecule has 0 unspecified atom stereocenters. The van der Waals surface area contributed by atoms with Gasteiger partial charge >= 0.3 is 5.97 Å². The van der Waals surface area contributed by atoms with Gasteiger partial charge < -0.3 is 9.52 Å². The summed E-state index contributed by atoms with van der Waals surface area (Å²) in [5.74, 6) is 0.262. The fraction of sp³-hybridized carbons (Fsp3) is 0.267. The quantitative estimate of drug-likeness (QED) is 0.797. The van der Waals surface area contributed by atoms with Crippen LogP contribution in [0.1, 0.15) is 35.3 Å². The van der Waals surface area contributed by atoms with Gasteiger partial charge in [0.15, 0.2) is 17.1 Å². The van der Waals surface area contributed by atoms with Gasteiger partial charge in [-0.2, -0.15) is 5.10 Å². The van der Waals surface area contributed by atoms with Crippen molar-refractivity contribution in [2.45, 2.75) is 26.7 Å². The van der Waals surface area contributed by atoms with Gasteiger partial charge in [0.1, 0.15) is 11.5 Å². The lowest BCUT2D eigenvalue weighted by Crippen LogP contribution is -2.08. The molecule has 6 heteroatoms. The summed E-state index contributed by atoms with van der Waals surface area (Å²) < 4.78 is 6.89. The minimum atomic E-state index is -1.04. The van der Waals surface area contributed by atoms with E-state index >= 15 is 0 Å². The lowest BCUT2D eigenvalue weighted by molar-refractivity contribution is 0.0687. The third kappa shape index (κ3) is 2.40. The number of aryl methyl sites for hydroxylation is 2. The van der Waals surface area contributed by atoms with Crippen molar-refractivity contribution < 1.29 is 14.3 Å². The number of hydrogen-bond acceptors (Lipinski definition) is 4. The van der Waals surface area contributed by atoms with Crippen LogP contribution in [0.5, 0.6) is 0 Å². The number of hydrogen-bond donors (Lipinski definition) is 1. The molecular formula is C15H15N3O3. The number of fused-ring (bicyclic) bond motifs is 1. The third-order valence-corrected chi connectivity index (χ3v) is 3.20. The highest BCUT2D eigenvalue weighted by Gasteiger charge is 2.16. The van der Waals surface area contributed by atoms with Gasteiger partial charge in [0.05, 0.1) is 5.69 Å². The van der Waals surface area contributed by atoms with Crippen LogP contribution < -0.4 is 0 Å². The number of carboxylic acids is 1. The Balaban J connectivity index is 2.21. The Morgan fingerprint density at radius 1 is 1.38 bits per heavy atom. The predicted molar refractivity (Wildman–Crippen MR) is 76.4 cm³/mol. The second-order valence-electron chi connectivity index (χ2n) is 4.90. The highest BCUT2D eigenvalue weighted by Crippen LogP contribution is 2.22. The summed E-state index contributed by atoms with van der Waals surface area (Å²) in [5, 5.41) is 13.7. The maximum absolute atomic E-state index is 11.5. The fourth-order valence-corrected chi connectivity index (χ4v) is 2.25. The van der Waals surface area contributed by atoms with Crippen LogP contribution in [-0.2, 0) is 6.42 Å². The van der Waals surface area contributed by atoms with E-state index in [2.05, 4.69) is 10.1 Å². The molecular weight excluding hydrogens is 270 g/mol. The van der Waals surface area contributed by atoms with Crippen molar-refractivity contribution in [3.05, 3.63) is 41.4 Å². The summed E-state index contributed by atoms with van der Waals surface area (Å²) in [6, 6.07) is 6.90. The average molecular weight is 285 g/mol. The highest BCUT2D eigenvalue weighted by atomic mass is 16.4. The summed E-state index contributed by atoms with van der Waals surface area (Å²) in [4.78, 5) is 15.9. The molecule has 0 saturated heterocycles. The molecule has 0 saturated carbocycles.